The Morgan fingerprint density at radius 2 is 1.85 bits per heavy atom. The number of rotatable bonds is 2. The molecule has 1 aliphatic heterocycles. The lowest BCUT2D eigenvalue weighted by Gasteiger charge is -2.08. The van der Waals surface area contributed by atoms with Gasteiger partial charge in [-0.15, -0.1) is 12.6 Å². The van der Waals surface area contributed by atoms with Crippen molar-refractivity contribution in [2.45, 2.75) is 11.8 Å². The summed E-state index contributed by atoms with van der Waals surface area (Å²) < 4.78 is 5.23. The van der Waals surface area contributed by atoms with E-state index in [-0.39, 0.29) is 5.97 Å². The summed E-state index contributed by atoms with van der Waals surface area (Å²) in [4.78, 5) is 12.9. The van der Waals surface area contributed by atoms with Crippen LogP contribution in [0.2, 0.25) is 0 Å². The fourth-order valence-corrected chi connectivity index (χ4v) is 2.82. The summed E-state index contributed by atoms with van der Waals surface area (Å²) in [7, 11) is 0. The maximum atomic E-state index is 12.0. The number of ether oxygens (including phenoxy) is 1. The Morgan fingerprint density at radius 1 is 1.10 bits per heavy atom. The third kappa shape index (κ3) is 2.25. The molecule has 0 aliphatic carbocycles. The Bertz CT molecular complexity index is 702. The number of esters is 1. The van der Waals surface area contributed by atoms with Crippen molar-refractivity contribution in [1.29, 1.82) is 0 Å². The van der Waals surface area contributed by atoms with Crippen LogP contribution < -0.4 is 0 Å². The van der Waals surface area contributed by atoms with Crippen LogP contribution in [0.1, 0.15) is 16.7 Å². The third-order valence-electron chi connectivity index (χ3n) is 3.39. The van der Waals surface area contributed by atoms with Crippen LogP contribution in [0.3, 0.4) is 0 Å². The van der Waals surface area contributed by atoms with Crippen LogP contribution >= 0.6 is 12.6 Å². The number of aryl methyl sites for hydroxylation is 1. The van der Waals surface area contributed by atoms with Crippen molar-refractivity contribution in [3.05, 3.63) is 65.2 Å². The van der Waals surface area contributed by atoms with E-state index in [1.165, 1.54) is 0 Å². The van der Waals surface area contributed by atoms with Crippen LogP contribution in [0.5, 0.6) is 0 Å². The molecule has 0 atom stereocenters. The number of benzene rings is 2. The van der Waals surface area contributed by atoms with Gasteiger partial charge in [0, 0.05) is 10.5 Å². The standard InChI is InChI=1S/C17H14O2S/c1-11-7-8-13(15(20)9-11)14-10-19-17(18)16(14)12-5-3-2-4-6-12/h2-9,20H,10H2,1H3. The third-order valence-corrected chi connectivity index (χ3v) is 3.76. The van der Waals surface area contributed by atoms with Gasteiger partial charge < -0.3 is 4.74 Å². The fraction of sp³-hybridized carbons (Fsp3) is 0.118. The van der Waals surface area contributed by atoms with Crippen LogP contribution in [0.4, 0.5) is 0 Å². The van der Waals surface area contributed by atoms with Crippen LogP contribution in [0.25, 0.3) is 11.1 Å². The topological polar surface area (TPSA) is 26.3 Å². The van der Waals surface area contributed by atoms with E-state index in [0.717, 1.165) is 27.2 Å². The van der Waals surface area contributed by atoms with Gasteiger partial charge in [0.25, 0.3) is 0 Å². The van der Waals surface area contributed by atoms with Gasteiger partial charge in [0.2, 0.25) is 0 Å². The van der Waals surface area contributed by atoms with Gasteiger partial charge in [0.15, 0.2) is 0 Å². The highest BCUT2D eigenvalue weighted by Gasteiger charge is 2.27. The molecule has 100 valence electrons. The minimum absolute atomic E-state index is 0.264. The van der Waals surface area contributed by atoms with E-state index in [1.54, 1.807) is 0 Å². The van der Waals surface area contributed by atoms with Gasteiger partial charge in [-0.3, -0.25) is 0 Å². The van der Waals surface area contributed by atoms with Crippen molar-refractivity contribution in [2.75, 3.05) is 6.61 Å². The van der Waals surface area contributed by atoms with Gasteiger partial charge in [-0.1, -0.05) is 42.5 Å². The summed E-state index contributed by atoms with van der Waals surface area (Å²) >= 11 is 4.52. The highest BCUT2D eigenvalue weighted by atomic mass is 32.1. The predicted octanol–water partition coefficient (Wildman–Crippen LogP) is 3.75. The molecule has 20 heavy (non-hydrogen) atoms. The van der Waals surface area contributed by atoms with Crippen LogP contribution in [-0.2, 0) is 9.53 Å². The Morgan fingerprint density at radius 3 is 2.55 bits per heavy atom. The highest BCUT2D eigenvalue weighted by Crippen LogP contribution is 2.35. The zero-order valence-electron chi connectivity index (χ0n) is 11.1. The largest absolute Gasteiger partial charge is 0.457 e. The quantitative estimate of drug-likeness (QED) is 0.670. The first-order valence-corrected chi connectivity index (χ1v) is 6.87. The first-order chi connectivity index (χ1) is 9.66. The summed E-state index contributed by atoms with van der Waals surface area (Å²) in [5.74, 6) is -0.264. The van der Waals surface area contributed by atoms with E-state index in [0.29, 0.717) is 12.2 Å². The maximum absolute atomic E-state index is 12.0. The molecule has 0 fully saturated rings. The van der Waals surface area contributed by atoms with Gasteiger partial charge in [-0.2, -0.15) is 0 Å². The molecule has 1 aliphatic rings. The van der Waals surface area contributed by atoms with E-state index >= 15 is 0 Å². The summed E-state index contributed by atoms with van der Waals surface area (Å²) in [6.07, 6.45) is 0. The van der Waals surface area contributed by atoms with E-state index < -0.39 is 0 Å². The molecular weight excluding hydrogens is 268 g/mol. The summed E-state index contributed by atoms with van der Waals surface area (Å²) in [5, 5.41) is 0. The highest BCUT2D eigenvalue weighted by molar-refractivity contribution is 7.80. The summed E-state index contributed by atoms with van der Waals surface area (Å²) in [6.45, 7) is 2.33. The van der Waals surface area contributed by atoms with Gasteiger partial charge in [0.05, 0.1) is 5.57 Å². The number of thiol groups is 1. The zero-order chi connectivity index (χ0) is 14.1. The zero-order valence-corrected chi connectivity index (χ0v) is 12.0. The number of cyclic esters (lactones) is 1. The van der Waals surface area contributed by atoms with Gasteiger partial charge >= 0.3 is 5.97 Å². The van der Waals surface area contributed by atoms with E-state index in [4.69, 9.17) is 4.74 Å². The fourth-order valence-electron chi connectivity index (χ4n) is 2.41. The normalized spacial score (nSPS) is 14.6. The summed E-state index contributed by atoms with van der Waals surface area (Å²) in [6, 6.07) is 15.6. The van der Waals surface area contributed by atoms with Crippen molar-refractivity contribution in [2.24, 2.45) is 0 Å². The second-order valence-corrected chi connectivity index (χ2v) is 5.30. The summed E-state index contributed by atoms with van der Waals surface area (Å²) in [5.41, 5.74) is 4.55. The van der Waals surface area contributed by atoms with Crippen molar-refractivity contribution in [3.63, 3.8) is 0 Å². The van der Waals surface area contributed by atoms with Crippen LogP contribution in [0, 0.1) is 6.92 Å². The maximum Gasteiger partial charge on any atom is 0.339 e. The Labute approximate surface area is 123 Å². The van der Waals surface area contributed by atoms with E-state index in [2.05, 4.69) is 12.6 Å². The predicted molar refractivity (Wildman–Crippen MR) is 82.6 cm³/mol. The number of carbonyl (C=O) groups is 1. The van der Waals surface area contributed by atoms with Gasteiger partial charge in [-0.25, -0.2) is 4.79 Å². The van der Waals surface area contributed by atoms with Crippen molar-refractivity contribution in [3.8, 4) is 0 Å². The molecule has 0 radical (unpaired) electrons. The second kappa shape index (κ2) is 5.17. The Kier molecular flexibility index (Phi) is 3.36. The van der Waals surface area contributed by atoms with Gasteiger partial charge in [-0.05, 0) is 29.7 Å². The van der Waals surface area contributed by atoms with E-state index in [1.807, 2.05) is 55.5 Å². The smallest absolute Gasteiger partial charge is 0.339 e. The monoisotopic (exact) mass is 282 g/mol. The Hall–Kier alpha value is -2.00. The van der Waals surface area contributed by atoms with Crippen LogP contribution in [-0.4, -0.2) is 12.6 Å². The second-order valence-electron chi connectivity index (χ2n) is 4.82. The average molecular weight is 282 g/mol. The molecule has 0 unspecified atom stereocenters. The van der Waals surface area contributed by atoms with Crippen molar-refractivity contribution in [1.82, 2.24) is 0 Å². The SMILES string of the molecule is Cc1ccc(C2=C(c3ccccc3)C(=O)OC2)c(S)c1. The first kappa shape index (κ1) is 13.0. The molecule has 0 bridgehead atoms. The molecule has 0 aromatic heterocycles. The van der Waals surface area contributed by atoms with Gasteiger partial charge in [0.1, 0.15) is 6.61 Å². The molecule has 1 heterocycles. The van der Waals surface area contributed by atoms with Crippen molar-refractivity contribution >= 4 is 29.7 Å². The number of hydrogen-bond acceptors (Lipinski definition) is 3. The lowest BCUT2D eigenvalue weighted by molar-refractivity contribution is -0.133. The number of carbonyl (C=O) groups excluding carboxylic acids is 1. The van der Waals surface area contributed by atoms with E-state index in [9.17, 15) is 4.79 Å². The van der Waals surface area contributed by atoms with Crippen molar-refractivity contribution < 1.29 is 9.53 Å². The molecule has 3 heteroatoms. The molecule has 0 saturated heterocycles. The minimum atomic E-state index is -0.264. The molecule has 0 spiro atoms. The molecule has 2 nitrogen and oxygen atoms in total. The molecule has 2 aromatic carbocycles. The minimum Gasteiger partial charge on any atom is -0.457 e. The van der Waals surface area contributed by atoms with Crippen LogP contribution in [0.15, 0.2) is 53.4 Å². The molecule has 3 rings (SSSR count). The Balaban J connectivity index is 2.19. The first-order valence-electron chi connectivity index (χ1n) is 6.42. The number of hydrogen-bond donors (Lipinski definition) is 1. The molecule has 0 N–H and O–H groups in total. The average Bonchev–Trinajstić information content (AvgIpc) is 2.81. The molecule has 0 amide bonds. The lowest BCUT2D eigenvalue weighted by atomic mass is 9.96. The molecular formula is C17H14O2S. The molecule has 2 aromatic rings. The molecule has 0 saturated carbocycles. The lowest BCUT2D eigenvalue weighted by Crippen LogP contribution is -1.98.